The summed E-state index contributed by atoms with van der Waals surface area (Å²) in [6.45, 7) is 14.2. The van der Waals surface area contributed by atoms with E-state index in [1.165, 1.54) is 16.7 Å². The minimum Gasteiger partial charge on any atom is -0.0984 e. The molecule has 0 heterocycles. The van der Waals surface area contributed by atoms with Gasteiger partial charge in [0.05, 0.1) is 0 Å². The lowest BCUT2D eigenvalue weighted by atomic mass is 9.98. The third kappa shape index (κ3) is 5.27. The van der Waals surface area contributed by atoms with Gasteiger partial charge >= 0.3 is 0 Å². The lowest BCUT2D eigenvalue weighted by Crippen LogP contribution is -1.86. The zero-order chi connectivity index (χ0) is 15.7. The summed E-state index contributed by atoms with van der Waals surface area (Å²) in [7, 11) is 0. The number of hydrogen-bond donors (Lipinski definition) is 0. The average Bonchev–Trinajstić information content (AvgIpc) is 2.48. The molecule has 1 aromatic carbocycles. The number of benzene rings is 1. The van der Waals surface area contributed by atoms with Crippen molar-refractivity contribution in [2.75, 3.05) is 0 Å². The second kappa shape index (κ2) is 8.76. The van der Waals surface area contributed by atoms with Crippen molar-refractivity contribution in [3.8, 4) is 0 Å². The van der Waals surface area contributed by atoms with E-state index >= 15 is 0 Å². The highest BCUT2D eigenvalue weighted by molar-refractivity contribution is 5.76. The molecule has 21 heavy (non-hydrogen) atoms. The van der Waals surface area contributed by atoms with Crippen molar-refractivity contribution >= 4 is 5.57 Å². The molecular weight excluding hydrogens is 252 g/mol. The van der Waals surface area contributed by atoms with Crippen LogP contribution in [0.15, 0.2) is 91.1 Å². The van der Waals surface area contributed by atoms with Crippen LogP contribution in [-0.4, -0.2) is 0 Å². The van der Waals surface area contributed by atoms with Crippen LogP contribution in [0.1, 0.15) is 25.0 Å². The first kappa shape index (κ1) is 16.7. The van der Waals surface area contributed by atoms with Gasteiger partial charge in [0, 0.05) is 0 Å². The monoisotopic (exact) mass is 276 g/mol. The maximum atomic E-state index is 4.11. The Kier molecular flexibility index (Phi) is 6.97. The van der Waals surface area contributed by atoms with Gasteiger partial charge in [-0.25, -0.2) is 0 Å². The predicted molar refractivity (Wildman–Crippen MR) is 96.2 cm³/mol. The van der Waals surface area contributed by atoms with E-state index in [9.17, 15) is 0 Å². The van der Waals surface area contributed by atoms with Crippen LogP contribution in [0, 0.1) is 6.92 Å². The largest absolute Gasteiger partial charge is 0.0984 e. The van der Waals surface area contributed by atoms with Crippen LogP contribution in [0.5, 0.6) is 0 Å². The molecule has 0 atom stereocenters. The van der Waals surface area contributed by atoms with Crippen molar-refractivity contribution in [1.29, 1.82) is 0 Å². The van der Waals surface area contributed by atoms with Crippen LogP contribution in [-0.2, 0) is 0 Å². The second-order valence-corrected chi connectivity index (χ2v) is 4.83. The molecule has 1 aromatic rings. The summed E-state index contributed by atoms with van der Waals surface area (Å²) >= 11 is 0. The molecule has 0 aliphatic rings. The Hall–Kier alpha value is -2.34. The van der Waals surface area contributed by atoms with E-state index in [0.29, 0.717) is 0 Å². The van der Waals surface area contributed by atoms with E-state index in [1.807, 2.05) is 44.2 Å². The summed E-state index contributed by atoms with van der Waals surface area (Å²) < 4.78 is 0. The van der Waals surface area contributed by atoms with Gasteiger partial charge in [-0.1, -0.05) is 79.4 Å². The van der Waals surface area contributed by atoms with E-state index in [4.69, 9.17) is 0 Å². The molecule has 0 unspecified atom stereocenters. The van der Waals surface area contributed by atoms with Gasteiger partial charge < -0.3 is 0 Å². The minimum absolute atomic E-state index is 0.954. The molecule has 0 aliphatic carbocycles. The van der Waals surface area contributed by atoms with Gasteiger partial charge in [0.2, 0.25) is 0 Å². The van der Waals surface area contributed by atoms with Gasteiger partial charge in [0.1, 0.15) is 0 Å². The van der Waals surface area contributed by atoms with Gasteiger partial charge in [-0.2, -0.15) is 0 Å². The molecule has 0 bridgehead atoms. The quantitative estimate of drug-likeness (QED) is 0.543. The van der Waals surface area contributed by atoms with Gasteiger partial charge in [-0.3, -0.25) is 0 Å². The fraction of sp³-hybridized carbons (Fsp3) is 0.143. The molecule has 0 fully saturated rings. The first-order chi connectivity index (χ1) is 10.1. The lowest BCUT2D eigenvalue weighted by Gasteiger charge is -2.07. The number of rotatable bonds is 6. The Labute approximate surface area is 129 Å². The van der Waals surface area contributed by atoms with Crippen LogP contribution in [0.2, 0.25) is 0 Å². The molecule has 0 spiro atoms. The smallest absolute Gasteiger partial charge is 0.0184 e. The van der Waals surface area contributed by atoms with Crippen LogP contribution in [0.3, 0.4) is 0 Å². The first-order valence-corrected chi connectivity index (χ1v) is 7.18. The maximum absolute atomic E-state index is 4.11. The van der Waals surface area contributed by atoms with Crippen LogP contribution >= 0.6 is 0 Å². The van der Waals surface area contributed by atoms with Crippen molar-refractivity contribution < 1.29 is 0 Å². The van der Waals surface area contributed by atoms with Gasteiger partial charge in [-0.15, -0.1) is 0 Å². The third-order valence-electron chi connectivity index (χ3n) is 3.17. The zero-order valence-corrected chi connectivity index (χ0v) is 13.3. The Bertz CT molecular complexity index is 619. The molecular formula is C21H24. The second-order valence-electron chi connectivity index (χ2n) is 4.83. The molecule has 108 valence electrons. The van der Waals surface area contributed by atoms with Crippen molar-refractivity contribution in [3.05, 3.63) is 102 Å². The molecule has 0 nitrogen and oxygen atoms in total. The Morgan fingerprint density at radius 1 is 1.14 bits per heavy atom. The third-order valence-corrected chi connectivity index (χ3v) is 3.17. The molecule has 0 N–H and O–H groups in total. The summed E-state index contributed by atoms with van der Waals surface area (Å²) in [6, 6.07) is 8.49. The van der Waals surface area contributed by atoms with E-state index < -0.39 is 0 Å². The lowest BCUT2D eigenvalue weighted by molar-refractivity contribution is 1.44. The molecule has 0 radical (unpaired) electrons. The fourth-order valence-electron chi connectivity index (χ4n) is 1.99. The van der Waals surface area contributed by atoms with Crippen LogP contribution in [0.4, 0.5) is 0 Å². The topological polar surface area (TPSA) is 0 Å². The highest BCUT2D eigenvalue weighted by atomic mass is 14.1. The standard InChI is InChI=1S/C21H24/c1-6-9-10-13-18(5)19(7-2)16-20(8-3)21-14-11-12-17(4)15-21/h6-16H,2,5H2,1,3-4H3/b9-6-,13-10-,19-16+,20-8+. The molecule has 0 saturated carbocycles. The Morgan fingerprint density at radius 2 is 1.90 bits per heavy atom. The SMILES string of the molecule is C=C/C(=C\C(=C/C)c1cccc(C)c1)C(=C)/C=C\C=C/C. The zero-order valence-electron chi connectivity index (χ0n) is 13.3. The normalized spacial score (nSPS) is 13.1. The van der Waals surface area contributed by atoms with Gasteiger partial charge in [0.15, 0.2) is 0 Å². The van der Waals surface area contributed by atoms with E-state index in [0.717, 1.165) is 11.1 Å². The van der Waals surface area contributed by atoms with Crippen LogP contribution < -0.4 is 0 Å². The minimum atomic E-state index is 0.954. The van der Waals surface area contributed by atoms with Crippen molar-refractivity contribution in [2.24, 2.45) is 0 Å². The molecule has 0 aromatic heterocycles. The molecule has 0 saturated heterocycles. The van der Waals surface area contributed by atoms with Gasteiger partial charge in [0.25, 0.3) is 0 Å². The first-order valence-electron chi connectivity index (χ1n) is 7.18. The summed E-state index contributed by atoms with van der Waals surface area (Å²) in [6.07, 6.45) is 14.1. The fourth-order valence-corrected chi connectivity index (χ4v) is 1.99. The maximum Gasteiger partial charge on any atom is -0.0184 e. The highest BCUT2D eigenvalue weighted by Crippen LogP contribution is 2.22. The van der Waals surface area contributed by atoms with Crippen LogP contribution in [0.25, 0.3) is 5.57 Å². The summed E-state index contributed by atoms with van der Waals surface area (Å²) in [5.74, 6) is 0. The van der Waals surface area contributed by atoms with E-state index in [2.05, 4.69) is 56.5 Å². The molecule has 0 amide bonds. The predicted octanol–water partition coefficient (Wildman–Crippen LogP) is 6.20. The number of allylic oxidation sites excluding steroid dienone is 10. The molecule has 0 aliphatic heterocycles. The van der Waals surface area contributed by atoms with Crippen molar-refractivity contribution in [2.45, 2.75) is 20.8 Å². The van der Waals surface area contributed by atoms with E-state index in [1.54, 1.807) is 0 Å². The number of aryl methyl sites for hydroxylation is 1. The molecule has 0 heteroatoms. The van der Waals surface area contributed by atoms with Crippen molar-refractivity contribution in [1.82, 2.24) is 0 Å². The average molecular weight is 276 g/mol. The highest BCUT2D eigenvalue weighted by Gasteiger charge is 2.01. The number of hydrogen-bond acceptors (Lipinski definition) is 0. The summed E-state index contributed by atoms with van der Waals surface area (Å²) in [5.41, 5.74) is 5.63. The van der Waals surface area contributed by atoms with E-state index in [-0.39, 0.29) is 0 Å². The molecule has 1 rings (SSSR count). The Morgan fingerprint density at radius 3 is 2.48 bits per heavy atom. The Balaban J connectivity index is 3.10. The van der Waals surface area contributed by atoms with Gasteiger partial charge in [-0.05, 0) is 49.1 Å². The summed E-state index contributed by atoms with van der Waals surface area (Å²) in [5, 5.41) is 0. The summed E-state index contributed by atoms with van der Waals surface area (Å²) in [4.78, 5) is 0. The van der Waals surface area contributed by atoms with Crippen molar-refractivity contribution in [3.63, 3.8) is 0 Å².